The third-order valence-electron chi connectivity index (χ3n) is 4.95. The van der Waals surface area contributed by atoms with Gasteiger partial charge in [0.1, 0.15) is 11.4 Å². The molecule has 3 amide bonds. The third-order valence-corrected chi connectivity index (χ3v) is 4.95. The molecule has 0 aliphatic carbocycles. The van der Waals surface area contributed by atoms with Gasteiger partial charge in [0.25, 0.3) is 0 Å². The number of ether oxygens (including phenoxy) is 1. The molecule has 27 heavy (non-hydrogen) atoms. The number of hydrogen-bond acceptors (Lipinski definition) is 5. The van der Waals surface area contributed by atoms with E-state index in [0.29, 0.717) is 37.5 Å². The Kier molecular flexibility index (Phi) is 4.66. The molecule has 0 unspecified atom stereocenters. The number of rotatable bonds is 5. The Balaban J connectivity index is 1.30. The fourth-order valence-electron chi connectivity index (χ4n) is 3.36. The van der Waals surface area contributed by atoms with Crippen molar-refractivity contribution in [3.63, 3.8) is 0 Å². The molecule has 142 valence electrons. The van der Waals surface area contributed by atoms with Gasteiger partial charge in [-0.25, -0.2) is 9.48 Å². The quantitative estimate of drug-likeness (QED) is 0.861. The van der Waals surface area contributed by atoms with Crippen molar-refractivity contribution in [1.29, 1.82) is 0 Å². The highest BCUT2D eigenvalue weighted by Gasteiger charge is 2.33. The number of amides is 3. The number of nitrogens with zero attached hydrogens (tertiary/aromatic N) is 5. The highest BCUT2D eigenvalue weighted by Crippen LogP contribution is 2.26. The number of benzene rings is 1. The first-order chi connectivity index (χ1) is 13.1. The zero-order chi connectivity index (χ0) is 18.8. The van der Waals surface area contributed by atoms with E-state index in [-0.39, 0.29) is 18.0 Å². The maximum atomic E-state index is 12.4. The van der Waals surface area contributed by atoms with Gasteiger partial charge >= 0.3 is 6.03 Å². The first kappa shape index (κ1) is 17.3. The average Bonchev–Trinajstić information content (AvgIpc) is 3.24. The van der Waals surface area contributed by atoms with Gasteiger partial charge in [-0.05, 0) is 18.6 Å². The highest BCUT2D eigenvalue weighted by atomic mass is 16.5. The molecular formula is C18H22N6O3. The number of carbonyl (C=O) groups excluding carboxylic acids is 2. The molecule has 4 rings (SSSR count). The van der Waals surface area contributed by atoms with Gasteiger partial charge in [0.2, 0.25) is 5.91 Å². The first-order valence-corrected chi connectivity index (χ1v) is 9.01. The fraction of sp³-hybridized carbons (Fsp3) is 0.444. The highest BCUT2D eigenvalue weighted by molar-refractivity contribution is 5.91. The molecule has 2 aliphatic rings. The van der Waals surface area contributed by atoms with Crippen LogP contribution in [-0.2, 0) is 11.3 Å². The molecule has 2 saturated heterocycles. The molecule has 0 saturated carbocycles. The Morgan fingerprint density at radius 2 is 2.15 bits per heavy atom. The molecule has 1 aromatic carbocycles. The Bertz CT molecular complexity index is 845. The predicted octanol–water partition coefficient (Wildman–Crippen LogP) is 1.50. The molecule has 1 aromatic heterocycles. The number of anilines is 1. The summed E-state index contributed by atoms with van der Waals surface area (Å²) in [5.41, 5.74) is 1.42. The molecule has 9 heteroatoms. The summed E-state index contributed by atoms with van der Waals surface area (Å²) in [7, 11) is 1.57. The van der Waals surface area contributed by atoms with E-state index in [1.165, 1.54) is 0 Å². The second kappa shape index (κ2) is 7.26. The number of likely N-dealkylation sites (tertiary alicyclic amines) is 2. The van der Waals surface area contributed by atoms with Crippen molar-refractivity contribution in [2.24, 2.45) is 0 Å². The largest absolute Gasteiger partial charge is 0.495 e. The monoisotopic (exact) mass is 370 g/mol. The zero-order valence-electron chi connectivity index (χ0n) is 15.2. The number of hydrogen-bond donors (Lipinski definition) is 1. The number of methoxy groups -OCH3 is 1. The van der Waals surface area contributed by atoms with Crippen LogP contribution in [0.5, 0.6) is 5.75 Å². The third kappa shape index (κ3) is 3.57. The topological polar surface area (TPSA) is 92.6 Å². The summed E-state index contributed by atoms with van der Waals surface area (Å²) in [5, 5.41) is 11.2. The lowest BCUT2D eigenvalue weighted by molar-refractivity contribution is -0.128. The molecule has 0 atom stereocenters. The number of aromatic nitrogens is 3. The van der Waals surface area contributed by atoms with Gasteiger partial charge in [-0.2, -0.15) is 0 Å². The van der Waals surface area contributed by atoms with Gasteiger partial charge < -0.3 is 19.9 Å². The minimum absolute atomic E-state index is 0.101. The van der Waals surface area contributed by atoms with E-state index in [4.69, 9.17) is 4.74 Å². The van der Waals surface area contributed by atoms with Crippen molar-refractivity contribution in [1.82, 2.24) is 24.8 Å². The Labute approximate surface area is 156 Å². The van der Waals surface area contributed by atoms with E-state index in [2.05, 4.69) is 15.6 Å². The average molecular weight is 370 g/mol. The molecular weight excluding hydrogens is 348 g/mol. The van der Waals surface area contributed by atoms with Crippen molar-refractivity contribution >= 4 is 17.6 Å². The summed E-state index contributed by atoms with van der Waals surface area (Å²) in [6, 6.07) is 7.24. The molecule has 2 fully saturated rings. The molecule has 2 aliphatic heterocycles. The SMILES string of the molecule is COc1ccccc1NC(=O)N1CC(n2cc(CN3CCCC3=O)nn2)C1. The van der Waals surface area contributed by atoms with Gasteiger partial charge in [-0.3, -0.25) is 4.79 Å². The van der Waals surface area contributed by atoms with Gasteiger partial charge in [-0.15, -0.1) is 5.10 Å². The Morgan fingerprint density at radius 1 is 1.33 bits per heavy atom. The van der Waals surface area contributed by atoms with Crippen molar-refractivity contribution in [3.8, 4) is 5.75 Å². The van der Waals surface area contributed by atoms with Crippen LogP contribution in [0, 0.1) is 0 Å². The standard InChI is InChI=1S/C18H22N6O3/c1-27-16-6-3-2-5-15(16)19-18(26)23-11-14(12-23)24-10-13(20-21-24)9-22-8-4-7-17(22)25/h2-3,5-6,10,14H,4,7-9,11-12H2,1H3,(H,19,26). The second-order valence-corrected chi connectivity index (χ2v) is 6.80. The van der Waals surface area contributed by atoms with Crippen molar-refractivity contribution in [2.45, 2.75) is 25.4 Å². The van der Waals surface area contributed by atoms with Crippen LogP contribution >= 0.6 is 0 Å². The molecule has 3 heterocycles. The summed E-state index contributed by atoms with van der Waals surface area (Å²) in [5.74, 6) is 0.799. The molecule has 0 radical (unpaired) electrons. The lowest BCUT2D eigenvalue weighted by Crippen LogP contribution is -2.52. The molecule has 0 spiro atoms. The molecule has 1 N–H and O–H groups in total. The first-order valence-electron chi connectivity index (χ1n) is 9.01. The number of carbonyl (C=O) groups is 2. The van der Waals surface area contributed by atoms with E-state index >= 15 is 0 Å². The summed E-state index contributed by atoms with van der Waals surface area (Å²) in [4.78, 5) is 27.6. The number of urea groups is 1. The van der Waals surface area contributed by atoms with Crippen molar-refractivity contribution in [3.05, 3.63) is 36.2 Å². The summed E-state index contributed by atoms with van der Waals surface area (Å²) in [6.07, 6.45) is 3.39. The lowest BCUT2D eigenvalue weighted by Gasteiger charge is -2.38. The van der Waals surface area contributed by atoms with E-state index in [9.17, 15) is 9.59 Å². The van der Waals surface area contributed by atoms with Gasteiger partial charge in [-0.1, -0.05) is 17.3 Å². The van der Waals surface area contributed by atoms with E-state index in [1.807, 2.05) is 23.2 Å². The molecule has 0 bridgehead atoms. The normalized spacial score (nSPS) is 17.1. The summed E-state index contributed by atoms with van der Waals surface area (Å²) >= 11 is 0. The van der Waals surface area contributed by atoms with Crippen LogP contribution in [0.15, 0.2) is 30.5 Å². The van der Waals surface area contributed by atoms with Crippen molar-refractivity contribution < 1.29 is 14.3 Å². The van der Waals surface area contributed by atoms with Crippen LogP contribution in [0.25, 0.3) is 0 Å². The fourth-order valence-corrected chi connectivity index (χ4v) is 3.36. The van der Waals surface area contributed by atoms with Crippen LogP contribution in [-0.4, -0.2) is 63.5 Å². The minimum atomic E-state index is -0.168. The maximum absolute atomic E-state index is 12.4. The molecule has 9 nitrogen and oxygen atoms in total. The van der Waals surface area contributed by atoms with Crippen LogP contribution in [0.3, 0.4) is 0 Å². The smallest absolute Gasteiger partial charge is 0.322 e. The lowest BCUT2D eigenvalue weighted by atomic mass is 10.1. The number of nitrogens with one attached hydrogen (secondary N) is 1. The Hall–Kier alpha value is -3.10. The zero-order valence-corrected chi connectivity index (χ0v) is 15.2. The maximum Gasteiger partial charge on any atom is 0.322 e. The van der Waals surface area contributed by atoms with Crippen LogP contribution in [0.2, 0.25) is 0 Å². The van der Waals surface area contributed by atoms with Gasteiger partial charge in [0.15, 0.2) is 0 Å². The van der Waals surface area contributed by atoms with E-state index in [0.717, 1.165) is 18.7 Å². The van der Waals surface area contributed by atoms with E-state index < -0.39 is 0 Å². The van der Waals surface area contributed by atoms with Crippen molar-refractivity contribution in [2.75, 3.05) is 32.1 Å². The van der Waals surface area contributed by atoms with Crippen LogP contribution < -0.4 is 10.1 Å². The van der Waals surface area contributed by atoms with Crippen LogP contribution in [0.4, 0.5) is 10.5 Å². The second-order valence-electron chi connectivity index (χ2n) is 6.80. The molecule has 2 aromatic rings. The summed E-state index contributed by atoms with van der Waals surface area (Å²) in [6.45, 7) is 2.41. The predicted molar refractivity (Wildman–Crippen MR) is 97.3 cm³/mol. The Morgan fingerprint density at radius 3 is 2.89 bits per heavy atom. The van der Waals surface area contributed by atoms with Gasteiger partial charge in [0, 0.05) is 26.1 Å². The van der Waals surface area contributed by atoms with E-state index in [1.54, 1.807) is 28.8 Å². The van der Waals surface area contributed by atoms with Crippen LogP contribution in [0.1, 0.15) is 24.6 Å². The minimum Gasteiger partial charge on any atom is -0.495 e. The number of para-hydroxylation sites is 2. The van der Waals surface area contributed by atoms with Gasteiger partial charge in [0.05, 0.1) is 31.6 Å². The summed E-state index contributed by atoms with van der Waals surface area (Å²) < 4.78 is 7.03.